The molecule has 6 heteroatoms. The van der Waals surface area contributed by atoms with Crippen molar-refractivity contribution in [3.8, 4) is 12.1 Å². The Morgan fingerprint density at radius 3 is 2.50 bits per heavy atom. The van der Waals surface area contributed by atoms with E-state index in [1.807, 2.05) is 12.1 Å². The van der Waals surface area contributed by atoms with Gasteiger partial charge < -0.3 is 0 Å². The fourth-order valence-corrected chi connectivity index (χ4v) is 2.69. The Bertz CT molecular complexity index is 624. The Labute approximate surface area is 107 Å². The van der Waals surface area contributed by atoms with Crippen molar-refractivity contribution in [2.75, 3.05) is 13.6 Å². The van der Waals surface area contributed by atoms with Crippen LogP contribution in [0.5, 0.6) is 0 Å². The molecule has 0 radical (unpaired) electrons. The van der Waals surface area contributed by atoms with Crippen LogP contribution in [0.15, 0.2) is 23.1 Å². The van der Waals surface area contributed by atoms with Crippen LogP contribution in [0.3, 0.4) is 0 Å². The summed E-state index contributed by atoms with van der Waals surface area (Å²) in [6.07, 6.45) is 0.144. The Hall–Kier alpha value is -1.89. The normalized spacial score (nSPS) is 10.9. The molecule has 1 aromatic carbocycles. The van der Waals surface area contributed by atoms with Crippen LogP contribution in [0.2, 0.25) is 0 Å². The van der Waals surface area contributed by atoms with E-state index >= 15 is 0 Å². The van der Waals surface area contributed by atoms with Crippen LogP contribution in [-0.4, -0.2) is 26.3 Å². The largest absolute Gasteiger partial charge is 0.242 e. The number of nitriles is 2. The van der Waals surface area contributed by atoms with Crippen molar-refractivity contribution in [3.63, 3.8) is 0 Å². The van der Waals surface area contributed by atoms with Crippen LogP contribution < -0.4 is 0 Å². The third kappa shape index (κ3) is 2.86. The van der Waals surface area contributed by atoms with E-state index < -0.39 is 10.0 Å². The second-order valence-corrected chi connectivity index (χ2v) is 5.87. The highest BCUT2D eigenvalue weighted by molar-refractivity contribution is 7.89. The average Bonchev–Trinajstić information content (AvgIpc) is 2.35. The molecular weight excluding hydrogens is 250 g/mol. The van der Waals surface area contributed by atoms with E-state index in [1.54, 1.807) is 6.92 Å². The molecule has 1 rings (SSSR count). The number of benzene rings is 1. The van der Waals surface area contributed by atoms with E-state index in [-0.39, 0.29) is 17.9 Å². The zero-order valence-corrected chi connectivity index (χ0v) is 11.0. The van der Waals surface area contributed by atoms with Crippen LogP contribution >= 0.6 is 0 Å². The summed E-state index contributed by atoms with van der Waals surface area (Å²) in [6.45, 7) is 1.84. The Kier molecular flexibility index (Phi) is 4.43. The van der Waals surface area contributed by atoms with Gasteiger partial charge in [0.05, 0.1) is 22.6 Å². The van der Waals surface area contributed by atoms with Crippen molar-refractivity contribution >= 4 is 10.0 Å². The topological polar surface area (TPSA) is 85.0 Å². The molecule has 0 N–H and O–H groups in total. The minimum absolute atomic E-state index is 0.138. The second kappa shape index (κ2) is 5.63. The second-order valence-electron chi connectivity index (χ2n) is 3.82. The van der Waals surface area contributed by atoms with Crippen molar-refractivity contribution in [2.45, 2.75) is 18.2 Å². The molecule has 0 bridgehead atoms. The molecule has 0 spiro atoms. The summed E-state index contributed by atoms with van der Waals surface area (Å²) in [4.78, 5) is 0.138. The lowest BCUT2D eigenvalue weighted by Gasteiger charge is -2.16. The lowest BCUT2D eigenvalue weighted by Crippen LogP contribution is -2.27. The van der Waals surface area contributed by atoms with Crippen LogP contribution in [-0.2, 0) is 10.0 Å². The van der Waals surface area contributed by atoms with Crippen LogP contribution in [0.4, 0.5) is 0 Å². The molecule has 0 heterocycles. The fourth-order valence-electron chi connectivity index (χ4n) is 1.43. The molecule has 0 saturated carbocycles. The van der Waals surface area contributed by atoms with E-state index in [1.165, 1.54) is 25.2 Å². The van der Waals surface area contributed by atoms with Crippen molar-refractivity contribution < 1.29 is 8.42 Å². The molecule has 1 aromatic rings. The van der Waals surface area contributed by atoms with Crippen molar-refractivity contribution in [2.24, 2.45) is 0 Å². The first-order chi connectivity index (χ1) is 8.43. The van der Waals surface area contributed by atoms with Gasteiger partial charge in [0.25, 0.3) is 0 Å². The molecule has 0 aliphatic carbocycles. The van der Waals surface area contributed by atoms with Gasteiger partial charge >= 0.3 is 0 Å². The van der Waals surface area contributed by atoms with Gasteiger partial charge in [-0.25, -0.2) is 8.42 Å². The quantitative estimate of drug-likeness (QED) is 0.821. The van der Waals surface area contributed by atoms with Crippen LogP contribution in [0, 0.1) is 29.6 Å². The minimum Gasteiger partial charge on any atom is -0.207 e. The third-order valence-corrected chi connectivity index (χ3v) is 4.42. The van der Waals surface area contributed by atoms with Crippen LogP contribution in [0.1, 0.15) is 17.5 Å². The molecule has 94 valence electrons. The van der Waals surface area contributed by atoms with Crippen molar-refractivity contribution in [1.82, 2.24) is 4.31 Å². The molecule has 0 saturated heterocycles. The standard InChI is InChI=1S/C12H13N3O2S/c1-10-8-12(5-4-11(10)9-14)18(16,17)15(2)7-3-6-13/h4-5,8H,3,7H2,1-2H3. The SMILES string of the molecule is Cc1cc(S(=O)(=O)N(C)CCC#N)ccc1C#N. The molecule has 0 atom stereocenters. The molecule has 0 aliphatic heterocycles. The number of hydrogen-bond acceptors (Lipinski definition) is 4. The van der Waals surface area contributed by atoms with E-state index in [4.69, 9.17) is 10.5 Å². The highest BCUT2D eigenvalue weighted by Crippen LogP contribution is 2.18. The zero-order valence-electron chi connectivity index (χ0n) is 10.2. The lowest BCUT2D eigenvalue weighted by molar-refractivity contribution is 0.476. The maximum Gasteiger partial charge on any atom is 0.242 e. The number of aryl methyl sites for hydroxylation is 1. The fraction of sp³-hybridized carbons (Fsp3) is 0.333. The van der Waals surface area contributed by atoms with Gasteiger partial charge in [0.2, 0.25) is 10.0 Å². The predicted molar refractivity (Wildman–Crippen MR) is 65.9 cm³/mol. The molecule has 0 unspecified atom stereocenters. The average molecular weight is 263 g/mol. The number of rotatable bonds is 4. The highest BCUT2D eigenvalue weighted by atomic mass is 32.2. The monoisotopic (exact) mass is 263 g/mol. The van der Waals surface area contributed by atoms with Gasteiger partial charge in [-0.3, -0.25) is 0 Å². The van der Waals surface area contributed by atoms with Gasteiger partial charge in [-0.15, -0.1) is 0 Å². The summed E-state index contributed by atoms with van der Waals surface area (Å²) in [5.41, 5.74) is 1.07. The Morgan fingerprint density at radius 1 is 1.33 bits per heavy atom. The summed E-state index contributed by atoms with van der Waals surface area (Å²) in [6, 6.07) is 8.25. The first-order valence-corrected chi connectivity index (χ1v) is 6.71. The van der Waals surface area contributed by atoms with Gasteiger partial charge in [-0.2, -0.15) is 14.8 Å². The molecular formula is C12H13N3O2S. The number of nitrogens with zero attached hydrogens (tertiary/aromatic N) is 3. The van der Waals surface area contributed by atoms with Crippen molar-refractivity contribution in [1.29, 1.82) is 10.5 Å². The molecule has 0 amide bonds. The van der Waals surface area contributed by atoms with Crippen molar-refractivity contribution in [3.05, 3.63) is 29.3 Å². The number of sulfonamides is 1. The third-order valence-electron chi connectivity index (χ3n) is 2.57. The number of hydrogen-bond donors (Lipinski definition) is 0. The van der Waals surface area contributed by atoms with E-state index in [9.17, 15) is 8.42 Å². The van der Waals surface area contributed by atoms with E-state index in [2.05, 4.69) is 0 Å². The summed E-state index contributed by atoms with van der Waals surface area (Å²) in [7, 11) is -2.16. The summed E-state index contributed by atoms with van der Waals surface area (Å²) >= 11 is 0. The highest BCUT2D eigenvalue weighted by Gasteiger charge is 2.20. The molecule has 5 nitrogen and oxygen atoms in total. The maximum atomic E-state index is 12.1. The molecule has 0 aromatic heterocycles. The van der Waals surface area contributed by atoms with Gasteiger partial charge in [-0.1, -0.05) is 0 Å². The zero-order chi connectivity index (χ0) is 13.8. The summed E-state index contributed by atoms with van der Waals surface area (Å²) in [5, 5.41) is 17.2. The minimum atomic E-state index is -3.59. The van der Waals surface area contributed by atoms with Gasteiger partial charge in [-0.05, 0) is 30.7 Å². The maximum absolute atomic E-state index is 12.1. The smallest absolute Gasteiger partial charge is 0.207 e. The van der Waals surface area contributed by atoms with E-state index in [0.29, 0.717) is 11.1 Å². The lowest BCUT2D eigenvalue weighted by atomic mass is 10.1. The summed E-state index contributed by atoms with van der Waals surface area (Å²) < 4.78 is 25.4. The van der Waals surface area contributed by atoms with Gasteiger partial charge in [0.15, 0.2) is 0 Å². The van der Waals surface area contributed by atoms with Gasteiger partial charge in [0, 0.05) is 20.0 Å². The molecule has 0 fully saturated rings. The first kappa shape index (κ1) is 14.2. The Balaban J connectivity index is 3.11. The van der Waals surface area contributed by atoms with E-state index in [0.717, 1.165) is 4.31 Å². The predicted octanol–water partition coefficient (Wildman–Crippen LogP) is 1.40. The molecule has 18 heavy (non-hydrogen) atoms. The van der Waals surface area contributed by atoms with Crippen LogP contribution in [0.25, 0.3) is 0 Å². The summed E-state index contributed by atoms with van der Waals surface area (Å²) in [5.74, 6) is 0. The first-order valence-electron chi connectivity index (χ1n) is 5.27. The Morgan fingerprint density at radius 2 is 2.00 bits per heavy atom. The van der Waals surface area contributed by atoms with Gasteiger partial charge in [0.1, 0.15) is 0 Å². The molecule has 0 aliphatic rings.